The fourth-order valence-electron chi connectivity index (χ4n) is 9.65. The van der Waals surface area contributed by atoms with E-state index in [1.165, 1.54) is 73.3 Å². The van der Waals surface area contributed by atoms with Crippen molar-refractivity contribution in [1.29, 1.82) is 0 Å². The summed E-state index contributed by atoms with van der Waals surface area (Å²) in [5.74, 6) is 0. The molecule has 6 aromatic carbocycles. The topological polar surface area (TPSA) is 0 Å². The Bertz CT molecular complexity index is 2500. The number of hydrogen-bond acceptors (Lipinski definition) is 0. The SMILES string of the molecule is Cc1cc[c]([Zr](=[SiH2])([C]2=CC=CC2)([c]2ccc(C)cc2)[c]2c3c(cc(C(C)(C)C)c2-c2ccccc2)-c2cc(C(C)(C)C)c(-c4ccccc4)cc2C3)cc1.Cl.Cl. The molecule has 0 spiro atoms. The maximum Gasteiger partial charge on any atom is -0.147 e. The molecule has 286 valence electrons. The van der Waals surface area contributed by atoms with E-state index in [-0.39, 0.29) is 35.6 Å². The second-order valence-corrected chi connectivity index (χ2v) is 39.4. The van der Waals surface area contributed by atoms with Crippen LogP contribution in [-0.2, 0) is 34.6 Å². The Kier molecular flexibility index (Phi) is 11.5. The molecule has 0 N–H and O–H groups in total. The molecule has 0 saturated heterocycles. The minimum Gasteiger partial charge on any atom is -0.147 e. The summed E-state index contributed by atoms with van der Waals surface area (Å²) in [4.78, 5) is 0. The van der Waals surface area contributed by atoms with Gasteiger partial charge in [0.05, 0.1) is 0 Å². The molecule has 8 rings (SSSR count). The van der Waals surface area contributed by atoms with Crippen LogP contribution in [0.15, 0.2) is 149 Å². The minimum absolute atomic E-state index is 0. The van der Waals surface area contributed by atoms with Crippen LogP contribution in [0.1, 0.15) is 81.3 Å². The molecule has 6 aromatic rings. The van der Waals surface area contributed by atoms with Crippen LogP contribution in [0.2, 0.25) is 0 Å². The van der Waals surface area contributed by atoms with Gasteiger partial charge < -0.3 is 0 Å². The zero-order valence-corrected chi connectivity index (χ0v) is 39.8. The van der Waals surface area contributed by atoms with Gasteiger partial charge in [-0.25, -0.2) is 0 Å². The molecular weight excluding hydrogens is 815 g/mol. The van der Waals surface area contributed by atoms with Crippen molar-refractivity contribution in [1.82, 2.24) is 0 Å². The summed E-state index contributed by atoms with van der Waals surface area (Å²) < 4.78 is 6.33. The molecule has 56 heavy (non-hydrogen) atoms. The van der Waals surface area contributed by atoms with Crippen molar-refractivity contribution in [3.8, 4) is 33.4 Å². The molecule has 0 heterocycles. The summed E-state index contributed by atoms with van der Waals surface area (Å²) in [6.45, 7) is 21.3. The molecule has 0 bridgehead atoms. The van der Waals surface area contributed by atoms with Gasteiger partial charge in [0.1, 0.15) is 0 Å². The van der Waals surface area contributed by atoms with Gasteiger partial charge in [-0.2, -0.15) is 0 Å². The standard InChI is InChI=1S/C33H33.2C7H7.C5H5.2ClH.H2Si.Zr/c1-32(2,3)30-20-26-24(18-28(30)22-13-9-7-10-14-22)17-25-19-29(23-15-11-8-12-16-23)31(21-27(25)26)33(4,5)6;2*1-7-5-3-2-4-6-7;1-2-4-5-3-1;;;;/h7-16,18,20-21H,17H2,1-6H3;2*3-6H,1H3;1-3H,4H2;2*1H;1H2;. The largest absolute Gasteiger partial charge is 0.147 e. The van der Waals surface area contributed by atoms with Gasteiger partial charge in [-0.3, -0.25) is 0 Å². The molecule has 0 aromatic heterocycles. The van der Waals surface area contributed by atoms with Crippen LogP contribution in [0.4, 0.5) is 0 Å². The molecule has 0 fully saturated rings. The van der Waals surface area contributed by atoms with Gasteiger partial charge in [-0.1, -0.05) is 0 Å². The van der Waals surface area contributed by atoms with Crippen LogP contribution >= 0.6 is 24.8 Å². The van der Waals surface area contributed by atoms with E-state index < -0.39 is 17.4 Å². The third-order valence-corrected chi connectivity index (χ3v) is 38.5. The summed E-state index contributed by atoms with van der Waals surface area (Å²) in [6, 6.07) is 49.8. The van der Waals surface area contributed by atoms with E-state index in [0.717, 1.165) is 12.8 Å². The molecule has 0 nitrogen and oxygen atoms in total. The number of allylic oxidation sites excluding steroid dienone is 4. The Labute approximate surface area is 350 Å². The van der Waals surface area contributed by atoms with Crippen LogP contribution in [0.5, 0.6) is 0 Å². The quantitative estimate of drug-likeness (QED) is 0.146. The van der Waals surface area contributed by atoms with Gasteiger partial charge >= 0.3 is 329 Å². The van der Waals surface area contributed by atoms with Gasteiger partial charge in [0, 0.05) is 0 Å². The number of halogens is 2. The number of aryl methyl sites for hydroxylation is 2. The number of fused-ring (bicyclic) bond motifs is 3. The Morgan fingerprint density at radius 2 is 1.05 bits per heavy atom. The van der Waals surface area contributed by atoms with E-state index >= 15 is 0 Å². The van der Waals surface area contributed by atoms with Crippen LogP contribution in [-0.4, -0.2) is 6.88 Å². The number of hydrogen-bond donors (Lipinski definition) is 0. The molecule has 2 aliphatic rings. The summed E-state index contributed by atoms with van der Waals surface area (Å²) in [5, 5.41) is 0. The van der Waals surface area contributed by atoms with Crippen molar-refractivity contribution in [3.05, 3.63) is 182 Å². The predicted molar refractivity (Wildman–Crippen MR) is 249 cm³/mol. The Morgan fingerprint density at radius 1 is 0.554 bits per heavy atom. The smallest absolute Gasteiger partial charge is 0.147 e. The first-order valence-electron chi connectivity index (χ1n) is 19.7. The zero-order valence-electron chi connectivity index (χ0n) is 34.3. The van der Waals surface area contributed by atoms with Crippen molar-refractivity contribution in [3.63, 3.8) is 0 Å². The Morgan fingerprint density at radius 3 is 1.54 bits per heavy atom. The predicted octanol–water partition coefficient (Wildman–Crippen LogP) is 12.0. The normalized spacial score (nSPS) is 13.7. The molecule has 0 atom stereocenters. The van der Waals surface area contributed by atoms with Crippen molar-refractivity contribution in [2.45, 2.75) is 79.1 Å². The molecule has 0 amide bonds. The van der Waals surface area contributed by atoms with Crippen LogP contribution < -0.4 is 9.81 Å². The van der Waals surface area contributed by atoms with Crippen LogP contribution in [0.3, 0.4) is 0 Å². The minimum atomic E-state index is -4.85. The van der Waals surface area contributed by atoms with E-state index in [1.54, 1.807) is 6.55 Å². The number of rotatable bonds is 6. The van der Waals surface area contributed by atoms with Crippen LogP contribution in [0.25, 0.3) is 33.4 Å². The monoisotopic (exact) mass is 868 g/mol. The fraction of sp³-hybridized carbons (Fsp3) is 0.231. The average molecular weight is 871 g/mol. The van der Waals surface area contributed by atoms with E-state index in [4.69, 9.17) is 0 Å². The Balaban J connectivity index is 0.00000266. The average Bonchev–Trinajstić information content (AvgIpc) is 3.83. The second kappa shape index (κ2) is 15.3. The first-order chi connectivity index (χ1) is 25.7. The molecule has 2 aliphatic carbocycles. The van der Waals surface area contributed by atoms with Crippen molar-refractivity contribution in [2.75, 3.05) is 0 Å². The maximum absolute atomic E-state index is 4.85. The van der Waals surface area contributed by atoms with Crippen molar-refractivity contribution < 1.29 is 17.4 Å². The summed E-state index contributed by atoms with van der Waals surface area (Å²) in [7, 11) is 0. The number of benzene rings is 6. The zero-order chi connectivity index (χ0) is 38.1. The van der Waals surface area contributed by atoms with E-state index in [9.17, 15) is 0 Å². The molecule has 0 radical (unpaired) electrons. The van der Waals surface area contributed by atoms with Crippen molar-refractivity contribution in [2.24, 2.45) is 0 Å². The molecule has 0 aliphatic heterocycles. The van der Waals surface area contributed by atoms with Gasteiger partial charge in [0.25, 0.3) is 0 Å². The van der Waals surface area contributed by atoms with Crippen LogP contribution in [0, 0.1) is 13.8 Å². The molecule has 0 saturated carbocycles. The molecule has 0 unspecified atom stereocenters. The van der Waals surface area contributed by atoms with Gasteiger partial charge in [-0.15, -0.1) is 24.8 Å². The van der Waals surface area contributed by atoms with Gasteiger partial charge in [0.15, 0.2) is 0 Å². The summed E-state index contributed by atoms with van der Waals surface area (Å²) in [6.07, 6.45) is 9.18. The van der Waals surface area contributed by atoms with Crippen molar-refractivity contribution >= 4 is 41.5 Å². The second-order valence-electron chi connectivity index (χ2n) is 18.2. The Hall–Kier alpha value is -3.52. The molecule has 4 heteroatoms. The van der Waals surface area contributed by atoms with Gasteiger partial charge in [0.2, 0.25) is 0 Å². The first-order valence-corrected chi connectivity index (χ1v) is 30.6. The maximum atomic E-state index is 2.62. The first kappa shape index (κ1) is 42.1. The van der Waals surface area contributed by atoms with E-state index in [1.807, 2.05) is 0 Å². The van der Waals surface area contributed by atoms with E-state index in [0.29, 0.717) is 0 Å². The third kappa shape index (κ3) is 6.73. The molecular formula is C52H56Cl2SiZr. The van der Waals surface area contributed by atoms with E-state index in [2.05, 4.69) is 208 Å². The fourth-order valence-corrected chi connectivity index (χ4v) is 32.3. The van der Waals surface area contributed by atoms with Gasteiger partial charge in [-0.05, 0) is 0 Å². The third-order valence-electron chi connectivity index (χ3n) is 12.5. The summed E-state index contributed by atoms with van der Waals surface area (Å²) in [5.41, 5.74) is 16.6. The summed E-state index contributed by atoms with van der Waals surface area (Å²) >= 11 is -4.85.